The van der Waals surface area contributed by atoms with Gasteiger partial charge in [0.05, 0.1) is 18.2 Å². The second-order valence-corrected chi connectivity index (χ2v) is 3.62. The van der Waals surface area contributed by atoms with E-state index in [1.54, 1.807) is 6.07 Å². The average molecular weight is 268 g/mol. The molecule has 0 unspecified atom stereocenters. The summed E-state index contributed by atoms with van der Waals surface area (Å²) in [7, 11) is 0. The summed E-state index contributed by atoms with van der Waals surface area (Å²) in [6.07, 6.45) is 0.309. The van der Waals surface area contributed by atoms with Gasteiger partial charge in [-0.05, 0) is 28.1 Å². The van der Waals surface area contributed by atoms with Gasteiger partial charge in [-0.2, -0.15) is 5.26 Å². The molecule has 0 saturated carbocycles. The molecule has 0 radical (unpaired) electrons. The summed E-state index contributed by atoms with van der Waals surface area (Å²) in [5.74, 6) is 0. The largest absolute Gasteiger partial charge is 0.337 e. The van der Waals surface area contributed by atoms with Crippen LogP contribution in [0.1, 0.15) is 6.42 Å². The maximum absolute atomic E-state index is 11.3. The number of nitriles is 1. The molecule has 15 heavy (non-hydrogen) atoms. The minimum absolute atomic E-state index is 0.308. The Balaban J connectivity index is 2.45. The van der Waals surface area contributed by atoms with Crippen LogP contribution in [-0.2, 0) is 0 Å². The van der Waals surface area contributed by atoms with Gasteiger partial charge in [-0.3, -0.25) is 0 Å². The van der Waals surface area contributed by atoms with Crippen molar-refractivity contribution in [2.24, 2.45) is 0 Å². The van der Waals surface area contributed by atoms with E-state index < -0.39 is 0 Å². The molecule has 0 bridgehead atoms. The third-order valence-electron chi connectivity index (χ3n) is 1.64. The first-order valence-corrected chi connectivity index (χ1v) is 5.19. The number of anilines is 1. The van der Waals surface area contributed by atoms with Gasteiger partial charge in [0.15, 0.2) is 0 Å². The number of halogens is 1. The van der Waals surface area contributed by atoms with Crippen LogP contribution >= 0.6 is 15.9 Å². The van der Waals surface area contributed by atoms with Crippen LogP contribution in [0.5, 0.6) is 0 Å². The number of hydrogen-bond donors (Lipinski definition) is 2. The standard InChI is InChI=1S/C10H10BrN3O/c11-8-4-1-2-5-9(8)14-10(15)13-7-3-6-12/h1-2,4-5H,3,7H2,(H2,13,14,15). The molecule has 2 N–H and O–H groups in total. The predicted octanol–water partition coefficient (Wildman–Crippen LogP) is 2.48. The second-order valence-electron chi connectivity index (χ2n) is 2.77. The summed E-state index contributed by atoms with van der Waals surface area (Å²) in [5.41, 5.74) is 0.701. The molecule has 0 aliphatic heterocycles. The molecule has 0 aliphatic rings. The van der Waals surface area contributed by atoms with Crippen molar-refractivity contribution >= 4 is 27.6 Å². The van der Waals surface area contributed by atoms with Crippen molar-refractivity contribution in [3.8, 4) is 6.07 Å². The topological polar surface area (TPSA) is 64.9 Å². The fraction of sp³-hybridized carbons (Fsp3) is 0.200. The zero-order valence-corrected chi connectivity index (χ0v) is 9.54. The van der Waals surface area contributed by atoms with Crippen LogP contribution in [0.4, 0.5) is 10.5 Å². The highest BCUT2D eigenvalue weighted by molar-refractivity contribution is 9.10. The number of carbonyl (C=O) groups excluding carboxylic acids is 1. The first-order valence-electron chi connectivity index (χ1n) is 4.40. The molecule has 1 aromatic rings. The van der Waals surface area contributed by atoms with E-state index in [9.17, 15) is 4.79 Å². The molecular weight excluding hydrogens is 258 g/mol. The summed E-state index contributed by atoms with van der Waals surface area (Å²) in [6, 6.07) is 8.96. The highest BCUT2D eigenvalue weighted by atomic mass is 79.9. The molecule has 0 atom stereocenters. The van der Waals surface area contributed by atoms with Crippen molar-refractivity contribution in [3.05, 3.63) is 28.7 Å². The number of urea groups is 1. The Morgan fingerprint density at radius 1 is 1.47 bits per heavy atom. The minimum atomic E-state index is -0.308. The third-order valence-corrected chi connectivity index (χ3v) is 2.34. The van der Waals surface area contributed by atoms with Crippen molar-refractivity contribution < 1.29 is 4.79 Å². The van der Waals surface area contributed by atoms with Crippen LogP contribution in [0.15, 0.2) is 28.7 Å². The van der Waals surface area contributed by atoms with E-state index in [1.165, 1.54) is 0 Å². The van der Waals surface area contributed by atoms with E-state index in [0.717, 1.165) is 4.47 Å². The van der Waals surface area contributed by atoms with E-state index in [2.05, 4.69) is 26.6 Å². The van der Waals surface area contributed by atoms with Gasteiger partial charge in [0.2, 0.25) is 0 Å². The summed E-state index contributed by atoms with van der Waals surface area (Å²) >= 11 is 3.31. The summed E-state index contributed by atoms with van der Waals surface area (Å²) in [4.78, 5) is 11.3. The smallest absolute Gasteiger partial charge is 0.319 e. The molecule has 0 aliphatic carbocycles. The van der Waals surface area contributed by atoms with Gasteiger partial charge in [-0.25, -0.2) is 4.79 Å². The Labute approximate surface area is 96.4 Å². The molecule has 1 aromatic carbocycles. The van der Waals surface area contributed by atoms with Gasteiger partial charge in [0.25, 0.3) is 0 Å². The van der Waals surface area contributed by atoms with E-state index in [-0.39, 0.29) is 6.03 Å². The Morgan fingerprint density at radius 3 is 2.87 bits per heavy atom. The van der Waals surface area contributed by atoms with Crippen molar-refractivity contribution in [2.45, 2.75) is 6.42 Å². The predicted molar refractivity (Wildman–Crippen MR) is 61.4 cm³/mol. The van der Waals surface area contributed by atoms with Gasteiger partial charge in [-0.1, -0.05) is 12.1 Å². The van der Waals surface area contributed by atoms with Crippen LogP contribution in [0.3, 0.4) is 0 Å². The lowest BCUT2D eigenvalue weighted by Crippen LogP contribution is -2.29. The molecule has 78 valence electrons. The Hall–Kier alpha value is -1.54. The third kappa shape index (κ3) is 4.00. The lowest BCUT2D eigenvalue weighted by molar-refractivity contribution is 0.252. The lowest BCUT2D eigenvalue weighted by Gasteiger charge is -2.07. The molecular formula is C10H10BrN3O. The molecule has 1 rings (SSSR count). The molecule has 0 saturated heterocycles. The lowest BCUT2D eigenvalue weighted by atomic mass is 10.3. The maximum Gasteiger partial charge on any atom is 0.319 e. The quantitative estimate of drug-likeness (QED) is 0.827. The Bertz CT molecular complexity index is 386. The van der Waals surface area contributed by atoms with Crippen molar-refractivity contribution in [2.75, 3.05) is 11.9 Å². The highest BCUT2D eigenvalue weighted by Gasteiger charge is 2.02. The van der Waals surface area contributed by atoms with Crippen molar-refractivity contribution in [1.82, 2.24) is 5.32 Å². The minimum Gasteiger partial charge on any atom is -0.337 e. The Kier molecular flexibility index (Phi) is 4.64. The summed E-state index contributed by atoms with van der Waals surface area (Å²) in [5, 5.41) is 13.5. The van der Waals surface area contributed by atoms with Gasteiger partial charge in [-0.15, -0.1) is 0 Å². The van der Waals surface area contributed by atoms with Crippen LogP contribution in [0.25, 0.3) is 0 Å². The fourth-order valence-corrected chi connectivity index (χ4v) is 1.34. The van der Waals surface area contributed by atoms with Gasteiger partial charge < -0.3 is 10.6 Å². The van der Waals surface area contributed by atoms with Crippen molar-refractivity contribution in [3.63, 3.8) is 0 Å². The van der Waals surface area contributed by atoms with Crippen LogP contribution < -0.4 is 10.6 Å². The number of nitrogens with zero attached hydrogens (tertiary/aromatic N) is 1. The van der Waals surface area contributed by atoms with Crippen molar-refractivity contribution in [1.29, 1.82) is 5.26 Å². The number of benzene rings is 1. The number of nitrogens with one attached hydrogen (secondary N) is 2. The first-order chi connectivity index (χ1) is 7.24. The second kappa shape index (κ2) is 6.04. The summed E-state index contributed by atoms with van der Waals surface area (Å²) < 4.78 is 0.820. The Morgan fingerprint density at radius 2 is 2.20 bits per heavy atom. The molecule has 0 fully saturated rings. The van der Waals surface area contributed by atoms with E-state index >= 15 is 0 Å². The molecule has 4 nitrogen and oxygen atoms in total. The number of carbonyl (C=O) groups is 1. The number of para-hydroxylation sites is 1. The average Bonchev–Trinajstić information content (AvgIpc) is 2.22. The highest BCUT2D eigenvalue weighted by Crippen LogP contribution is 2.20. The molecule has 0 heterocycles. The van der Waals surface area contributed by atoms with Crippen LogP contribution in [0.2, 0.25) is 0 Å². The molecule has 0 spiro atoms. The fourth-order valence-electron chi connectivity index (χ4n) is 0.961. The normalized spacial score (nSPS) is 9.07. The van der Waals surface area contributed by atoms with Gasteiger partial charge in [0.1, 0.15) is 0 Å². The number of hydrogen-bond acceptors (Lipinski definition) is 2. The zero-order valence-electron chi connectivity index (χ0n) is 7.96. The van der Waals surface area contributed by atoms with Crippen LogP contribution in [0, 0.1) is 11.3 Å². The molecule has 2 amide bonds. The van der Waals surface area contributed by atoms with Gasteiger partial charge >= 0.3 is 6.03 Å². The SMILES string of the molecule is N#CCCNC(=O)Nc1ccccc1Br. The molecule has 5 heteroatoms. The first kappa shape index (κ1) is 11.5. The zero-order chi connectivity index (χ0) is 11.1. The summed E-state index contributed by atoms with van der Waals surface area (Å²) in [6.45, 7) is 0.354. The molecule has 0 aromatic heterocycles. The monoisotopic (exact) mass is 267 g/mol. The van der Waals surface area contributed by atoms with E-state index in [0.29, 0.717) is 18.7 Å². The van der Waals surface area contributed by atoms with E-state index in [1.807, 2.05) is 24.3 Å². The van der Waals surface area contributed by atoms with Crippen LogP contribution in [-0.4, -0.2) is 12.6 Å². The van der Waals surface area contributed by atoms with E-state index in [4.69, 9.17) is 5.26 Å². The maximum atomic E-state index is 11.3. The van der Waals surface area contributed by atoms with Gasteiger partial charge in [0, 0.05) is 11.0 Å². The number of amides is 2. The number of rotatable bonds is 3.